The molecule has 0 amide bonds. The number of methoxy groups -OCH3 is 1. The third-order valence-corrected chi connectivity index (χ3v) is 2.98. The molecule has 90 valence electrons. The summed E-state index contributed by atoms with van der Waals surface area (Å²) >= 11 is 0. The van der Waals surface area contributed by atoms with E-state index >= 15 is 0 Å². The van der Waals surface area contributed by atoms with Gasteiger partial charge in [0.15, 0.2) is 5.78 Å². The zero-order chi connectivity index (χ0) is 12.6. The van der Waals surface area contributed by atoms with Crippen LogP contribution in [-0.2, 0) is 0 Å². The van der Waals surface area contributed by atoms with E-state index in [9.17, 15) is 4.79 Å². The fraction of sp³-hybridized carbons (Fsp3) is 0.357. The Bertz CT molecular complexity index is 567. The molecule has 2 aromatic rings. The maximum Gasteiger partial charge on any atom is 0.161 e. The Kier molecular flexibility index (Phi) is 2.92. The third-order valence-electron chi connectivity index (χ3n) is 2.98. The SMILES string of the molecule is COc1ccc2c(C(C)=O)cn(C(C)C)c2c1. The van der Waals surface area contributed by atoms with E-state index < -0.39 is 0 Å². The lowest BCUT2D eigenvalue weighted by atomic mass is 10.1. The van der Waals surface area contributed by atoms with Gasteiger partial charge in [-0.25, -0.2) is 0 Å². The number of aromatic nitrogens is 1. The van der Waals surface area contributed by atoms with Crippen LogP contribution in [0.2, 0.25) is 0 Å². The van der Waals surface area contributed by atoms with Gasteiger partial charge in [-0.1, -0.05) is 0 Å². The molecule has 0 fully saturated rings. The van der Waals surface area contributed by atoms with Crippen LogP contribution >= 0.6 is 0 Å². The topological polar surface area (TPSA) is 31.2 Å². The van der Waals surface area contributed by atoms with Crippen LogP contribution in [0.1, 0.15) is 37.2 Å². The van der Waals surface area contributed by atoms with Gasteiger partial charge in [-0.2, -0.15) is 0 Å². The number of Topliss-reactive ketones (excluding diaryl/α,β-unsaturated/α-hetero) is 1. The second-order valence-corrected chi connectivity index (χ2v) is 4.48. The lowest BCUT2D eigenvalue weighted by Crippen LogP contribution is -1.98. The summed E-state index contributed by atoms with van der Waals surface area (Å²) in [7, 11) is 1.65. The number of hydrogen-bond acceptors (Lipinski definition) is 2. The Morgan fingerprint density at radius 2 is 2.06 bits per heavy atom. The zero-order valence-corrected chi connectivity index (χ0v) is 10.7. The van der Waals surface area contributed by atoms with E-state index in [2.05, 4.69) is 18.4 Å². The van der Waals surface area contributed by atoms with Gasteiger partial charge >= 0.3 is 0 Å². The highest BCUT2D eigenvalue weighted by Gasteiger charge is 2.13. The van der Waals surface area contributed by atoms with Crippen molar-refractivity contribution in [3.8, 4) is 5.75 Å². The highest BCUT2D eigenvalue weighted by Crippen LogP contribution is 2.28. The molecule has 0 spiro atoms. The number of ketones is 1. The Hall–Kier alpha value is -1.77. The van der Waals surface area contributed by atoms with Crippen molar-refractivity contribution in [1.29, 1.82) is 0 Å². The van der Waals surface area contributed by atoms with Crippen molar-refractivity contribution in [3.05, 3.63) is 30.0 Å². The predicted octanol–water partition coefficient (Wildman–Crippen LogP) is 3.43. The third kappa shape index (κ3) is 1.93. The molecule has 0 aliphatic rings. The summed E-state index contributed by atoms with van der Waals surface area (Å²) in [6.07, 6.45) is 1.93. The summed E-state index contributed by atoms with van der Waals surface area (Å²) in [4.78, 5) is 11.6. The fourth-order valence-electron chi connectivity index (χ4n) is 2.07. The number of hydrogen-bond donors (Lipinski definition) is 0. The molecule has 0 aliphatic carbocycles. The Labute approximate surface area is 101 Å². The molecule has 0 bridgehead atoms. The van der Waals surface area contributed by atoms with Crippen molar-refractivity contribution in [2.45, 2.75) is 26.8 Å². The van der Waals surface area contributed by atoms with Gasteiger partial charge in [-0.3, -0.25) is 4.79 Å². The van der Waals surface area contributed by atoms with E-state index in [1.54, 1.807) is 14.0 Å². The van der Waals surface area contributed by atoms with E-state index in [0.29, 0.717) is 6.04 Å². The van der Waals surface area contributed by atoms with Crippen molar-refractivity contribution in [1.82, 2.24) is 4.57 Å². The van der Waals surface area contributed by atoms with Gasteiger partial charge in [-0.05, 0) is 32.9 Å². The van der Waals surface area contributed by atoms with E-state index in [1.165, 1.54) is 0 Å². The molecule has 0 aliphatic heterocycles. The summed E-state index contributed by atoms with van der Waals surface area (Å²) in [5.74, 6) is 0.909. The Morgan fingerprint density at radius 3 is 2.59 bits per heavy atom. The molecule has 1 aromatic heterocycles. The van der Waals surface area contributed by atoms with Gasteiger partial charge in [-0.15, -0.1) is 0 Å². The largest absolute Gasteiger partial charge is 0.497 e. The minimum Gasteiger partial charge on any atom is -0.497 e. The number of benzene rings is 1. The van der Waals surface area contributed by atoms with Crippen LogP contribution in [0.25, 0.3) is 10.9 Å². The maximum atomic E-state index is 11.6. The molecule has 1 heterocycles. The molecule has 3 heteroatoms. The number of ether oxygens (including phenoxy) is 1. The first-order valence-corrected chi connectivity index (χ1v) is 5.74. The van der Waals surface area contributed by atoms with Crippen molar-refractivity contribution >= 4 is 16.7 Å². The lowest BCUT2D eigenvalue weighted by Gasteiger charge is -2.09. The molecule has 1 aromatic carbocycles. The first-order chi connectivity index (χ1) is 8.04. The zero-order valence-electron chi connectivity index (χ0n) is 10.7. The van der Waals surface area contributed by atoms with Crippen molar-refractivity contribution in [2.75, 3.05) is 7.11 Å². The fourth-order valence-corrected chi connectivity index (χ4v) is 2.07. The first-order valence-electron chi connectivity index (χ1n) is 5.74. The molecular weight excluding hydrogens is 214 g/mol. The Balaban J connectivity index is 2.76. The van der Waals surface area contributed by atoms with Crippen LogP contribution in [0, 0.1) is 0 Å². The predicted molar refractivity (Wildman–Crippen MR) is 68.9 cm³/mol. The van der Waals surface area contributed by atoms with Crippen molar-refractivity contribution < 1.29 is 9.53 Å². The second-order valence-electron chi connectivity index (χ2n) is 4.48. The van der Waals surface area contributed by atoms with Crippen LogP contribution in [0.15, 0.2) is 24.4 Å². The van der Waals surface area contributed by atoms with Crippen LogP contribution in [0.5, 0.6) is 5.75 Å². The number of rotatable bonds is 3. The number of carbonyl (C=O) groups is 1. The summed E-state index contributed by atoms with van der Waals surface area (Å²) < 4.78 is 7.33. The first kappa shape index (κ1) is 11.7. The van der Waals surface area contributed by atoms with E-state index in [4.69, 9.17) is 4.74 Å². The minimum absolute atomic E-state index is 0.0968. The summed E-state index contributed by atoms with van der Waals surface area (Å²) in [5.41, 5.74) is 1.82. The molecular formula is C14H17NO2. The van der Waals surface area contributed by atoms with Crippen LogP contribution in [-0.4, -0.2) is 17.5 Å². The highest BCUT2D eigenvalue weighted by atomic mass is 16.5. The quantitative estimate of drug-likeness (QED) is 0.758. The smallest absolute Gasteiger partial charge is 0.161 e. The molecule has 17 heavy (non-hydrogen) atoms. The second kappa shape index (κ2) is 4.24. The van der Waals surface area contributed by atoms with Gasteiger partial charge < -0.3 is 9.30 Å². The van der Waals surface area contributed by atoms with Gasteiger partial charge in [0.05, 0.1) is 12.6 Å². The molecule has 3 nitrogen and oxygen atoms in total. The maximum absolute atomic E-state index is 11.6. The van der Waals surface area contributed by atoms with E-state index in [1.807, 2.05) is 24.4 Å². The van der Waals surface area contributed by atoms with Gasteiger partial charge in [0.25, 0.3) is 0 Å². The van der Waals surface area contributed by atoms with Gasteiger partial charge in [0.2, 0.25) is 0 Å². The highest BCUT2D eigenvalue weighted by molar-refractivity contribution is 6.07. The molecule has 0 radical (unpaired) electrons. The van der Waals surface area contributed by atoms with E-state index in [0.717, 1.165) is 22.2 Å². The molecule has 0 saturated heterocycles. The summed E-state index contributed by atoms with van der Waals surface area (Å²) in [6, 6.07) is 6.13. The van der Waals surface area contributed by atoms with Crippen molar-refractivity contribution in [2.24, 2.45) is 0 Å². The Morgan fingerprint density at radius 1 is 1.35 bits per heavy atom. The van der Waals surface area contributed by atoms with Gasteiger partial charge in [0.1, 0.15) is 5.75 Å². The van der Waals surface area contributed by atoms with E-state index in [-0.39, 0.29) is 5.78 Å². The normalized spacial score (nSPS) is 11.1. The van der Waals surface area contributed by atoms with Crippen LogP contribution in [0.4, 0.5) is 0 Å². The molecule has 2 rings (SSSR count). The van der Waals surface area contributed by atoms with Crippen molar-refractivity contribution in [3.63, 3.8) is 0 Å². The number of fused-ring (bicyclic) bond motifs is 1. The number of nitrogens with zero attached hydrogens (tertiary/aromatic N) is 1. The standard InChI is InChI=1S/C14H17NO2/c1-9(2)15-8-13(10(3)16)12-6-5-11(17-4)7-14(12)15/h5-9H,1-4H3. The lowest BCUT2D eigenvalue weighted by molar-refractivity contribution is 0.101. The summed E-state index contributed by atoms with van der Waals surface area (Å²) in [5, 5.41) is 0.993. The van der Waals surface area contributed by atoms with Crippen LogP contribution in [0.3, 0.4) is 0 Å². The molecule has 0 atom stereocenters. The monoisotopic (exact) mass is 231 g/mol. The average molecular weight is 231 g/mol. The molecule has 0 unspecified atom stereocenters. The van der Waals surface area contributed by atoms with Gasteiger partial charge in [0, 0.05) is 29.3 Å². The number of carbonyl (C=O) groups excluding carboxylic acids is 1. The summed E-state index contributed by atoms with van der Waals surface area (Å²) in [6.45, 7) is 5.80. The molecule has 0 saturated carbocycles. The molecule has 0 N–H and O–H groups in total. The average Bonchev–Trinajstić information content (AvgIpc) is 2.67. The van der Waals surface area contributed by atoms with Crippen LogP contribution < -0.4 is 4.74 Å². The minimum atomic E-state index is 0.0968.